The molecule has 0 spiro atoms. The lowest BCUT2D eigenvalue weighted by atomic mass is 10.3. The molecule has 1 aliphatic rings. The van der Waals surface area contributed by atoms with E-state index in [9.17, 15) is 4.79 Å². The number of anilines is 1. The number of unbranched alkanes of at least 4 members (excludes halogenated alkanes) is 1. The van der Waals surface area contributed by atoms with Crippen LogP contribution in [-0.2, 0) is 0 Å². The SMILES string of the molecule is O=C(NCCCCN=C=S)Nc1ccc2c(c1)OCO2. The predicted octanol–water partition coefficient (Wildman–Crippen LogP) is 2.42. The van der Waals surface area contributed by atoms with E-state index in [4.69, 9.17) is 9.47 Å². The van der Waals surface area contributed by atoms with Gasteiger partial charge in [-0.2, -0.15) is 0 Å². The van der Waals surface area contributed by atoms with Crippen LogP contribution in [0.4, 0.5) is 10.5 Å². The van der Waals surface area contributed by atoms with Gasteiger partial charge in [-0.1, -0.05) is 0 Å². The number of rotatable bonds is 6. The molecule has 0 aliphatic carbocycles. The monoisotopic (exact) mass is 293 g/mol. The van der Waals surface area contributed by atoms with Crippen molar-refractivity contribution in [2.45, 2.75) is 12.8 Å². The normalized spacial score (nSPS) is 11.6. The van der Waals surface area contributed by atoms with Crippen molar-refractivity contribution in [3.63, 3.8) is 0 Å². The zero-order chi connectivity index (χ0) is 14.2. The Balaban J connectivity index is 1.70. The number of urea groups is 1. The van der Waals surface area contributed by atoms with Crippen molar-refractivity contribution in [2.24, 2.45) is 4.99 Å². The van der Waals surface area contributed by atoms with Crippen LogP contribution in [0.3, 0.4) is 0 Å². The van der Waals surface area contributed by atoms with Gasteiger partial charge in [0.1, 0.15) is 0 Å². The number of aliphatic imine (C=N–C) groups is 1. The highest BCUT2D eigenvalue weighted by molar-refractivity contribution is 7.78. The molecule has 1 aromatic rings. The molecule has 0 unspecified atom stereocenters. The Bertz CT molecular complexity index is 530. The maximum absolute atomic E-state index is 11.7. The van der Waals surface area contributed by atoms with Crippen LogP contribution in [0.25, 0.3) is 0 Å². The summed E-state index contributed by atoms with van der Waals surface area (Å²) in [7, 11) is 0. The Hall–Kier alpha value is -2.11. The minimum Gasteiger partial charge on any atom is -0.454 e. The summed E-state index contributed by atoms with van der Waals surface area (Å²) >= 11 is 4.46. The first-order valence-electron chi connectivity index (χ1n) is 6.28. The standard InChI is InChI=1S/C13H15N3O3S/c17-13(15-6-2-1-5-14-8-20)16-10-3-4-11-12(7-10)19-9-18-11/h3-4,7H,1-2,5-6,9H2,(H2,15,16,17). The first kappa shape index (κ1) is 14.3. The number of hydrogen-bond donors (Lipinski definition) is 2. The number of ether oxygens (including phenoxy) is 2. The molecule has 2 N–H and O–H groups in total. The lowest BCUT2D eigenvalue weighted by Gasteiger charge is -2.07. The summed E-state index contributed by atoms with van der Waals surface area (Å²) in [6.07, 6.45) is 1.71. The second-order valence-electron chi connectivity index (χ2n) is 4.13. The lowest BCUT2D eigenvalue weighted by molar-refractivity contribution is 0.174. The maximum atomic E-state index is 11.7. The molecule has 20 heavy (non-hydrogen) atoms. The van der Waals surface area contributed by atoms with Crippen LogP contribution in [0.2, 0.25) is 0 Å². The molecule has 1 aliphatic heterocycles. The van der Waals surface area contributed by atoms with Crippen LogP contribution < -0.4 is 20.1 Å². The molecule has 0 fully saturated rings. The first-order valence-corrected chi connectivity index (χ1v) is 6.68. The molecule has 0 atom stereocenters. The van der Waals surface area contributed by atoms with Crippen molar-refractivity contribution < 1.29 is 14.3 Å². The summed E-state index contributed by atoms with van der Waals surface area (Å²) in [6.45, 7) is 1.45. The number of benzene rings is 1. The Morgan fingerprint density at radius 2 is 2.20 bits per heavy atom. The van der Waals surface area contributed by atoms with Crippen molar-refractivity contribution in [1.82, 2.24) is 5.32 Å². The first-order chi connectivity index (χ1) is 9.79. The zero-order valence-electron chi connectivity index (χ0n) is 10.8. The molecule has 0 radical (unpaired) electrons. The van der Waals surface area contributed by atoms with Crippen LogP contribution in [0.1, 0.15) is 12.8 Å². The Labute approximate surface area is 122 Å². The van der Waals surface area contributed by atoms with Gasteiger partial charge >= 0.3 is 6.03 Å². The number of isothiocyanates is 1. The van der Waals surface area contributed by atoms with E-state index in [1.54, 1.807) is 18.2 Å². The van der Waals surface area contributed by atoms with Crippen molar-refractivity contribution in [3.05, 3.63) is 18.2 Å². The summed E-state index contributed by atoms with van der Waals surface area (Å²) in [5.41, 5.74) is 0.664. The smallest absolute Gasteiger partial charge is 0.319 e. The average molecular weight is 293 g/mol. The van der Waals surface area contributed by atoms with Crippen molar-refractivity contribution >= 4 is 29.1 Å². The lowest BCUT2D eigenvalue weighted by Crippen LogP contribution is -2.29. The fraction of sp³-hybridized carbons (Fsp3) is 0.385. The quantitative estimate of drug-likeness (QED) is 0.480. The zero-order valence-corrected chi connectivity index (χ0v) is 11.7. The van der Waals surface area contributed by atoms with Gasteiger partial charge in [-0.15, -0.1) is 0 Å². The van der Waals surface area contributed by atoms with E-state index in [0.717, 1.165) is 12.8 Å². The number of hydrogen-bond acceptors (Lipinski definition) is 5. The number of carbonyl (C=O) groups is 1. The van der Waals surface area contributed by atoms with Gasteiger partial charge in [0, 0.05) is 24.8 Å². The molecule has 0 aromatic heterocycles. The Kier molecular flexibility index (Phi) is 5.34. The predicted molar refractivity (Wildman–Crippen MR) is 78.7 cm³/mol. The Morgan fingerprint density at radius 1 is 1.35 bits per heavy atom. The van der Waals surface area contributed by atoms with Gasteiger partial charge < -0.3 is 20.1 Å². The number of amides is 2. The van der Waals surface area contributed by atoms with Gasteiger partial charge in [-0.25, -0.2) is 9.79 Å². The third-order valence-corrected chi connectivity index (χ3v) is 2.81. The average Bonchev–Trinajstić information content (AvgIpc) is 2.90. The third-order valence-electron chi connectivity index (χ3n) is 2.68. The minimum atomic E-state index is -0.248. The fourth-order valence-corrected chi connectivity index (χ4v) is 1.80. The molecule has 2 amide bonds. The summed E-state index contributed by atoms with van der Waals surface area (Å²) in [5.74, 6) is 1.33. The van der Waals surface area contributed by atoms with E-state index < -0.39 is 0 Å². The maximum Gasteiger partial charge on any atom is 0.319 e. The molecular weight excluding hydrogens is 278 g/mol. The minimum absolute atomic E-state index is 0.217. The number of carbonyl (C=O) groups excluding carboxylic acids is 1. The van der Waals surface area contributed by atoms with Crippen LogP contribution in [0.5, 0.6) is 11.5 Å². The molecule has 1 heterocycles. The van der Waals surface area contributed by atoms with Gasteiger partial charge in [0.15, 0.2) is 11.5 Å². The van der Waals surface area contributed by atoms with E-state index in [2.05, 4.69) is 33.0 Å². The summed E-state index contributed by atoms with van der Waals surface area (Å²) in [6, 6.07) is 5.01. The molecule has 0 saturated heterocycles. The molecular formula is C13H15N3O3S. The summed E-state index contributed by atoms with van der Waals surface area (Å²) < 4.78 is 10.4. The van der Waals surface area contributed by atoms with Crippen molar-refractivity contribution in [3.8, 4) is 11.5 Å². The highest BCUT2D eigenvalue weighted by Crippen LogP contribution is 2.34. The van der Waals surface area contributed by atoms with E-state index >= 15 is 0 Å². The number of fused-ring (bicyclic) bond motifs is 1. The van der Waals surface area contributed by atoms with Gasteiger partial charge in [-0.05, 0) is 37.2 Å². The van der Waals surface area contributed by atoms with Crippen LogP contribution in [-0.4, -0.2) is 31.1 Å². The van der Waals surface area contributed by atoms with E-state index in [-0.39, 0.29) is 12.8 Å². The topological polar surface area (TPSA) is 72.0 Å². The molecule has 7 heteroatoms. The van der Waals surface area contributed by atoms with E-state index in [1.165, 1.54) is 0 Å². The van der Waals surface area contributed by atoms with Crippen LogP contribution in [0, 0.1) is 0 Å². The molecule has 1 aromatic carbocycles. The van der Waals surface area contributed by atoms with Crippen molar-refractivity contribution in [1.29, 1.82) is 0 Å². The van der Waals surface area contributed by atoms with Gasteiger partial charge in [0.25, 0.3) is 0 Å². The third kappa shape index (κ3) is 4.22. The largest absolute Gasteiger partial charge is 0.454 e. The highest BCUT2D eigenvalue weighted by atomic mass is 32.1. The molecule has 0 bridgehead atoms. The molecule has 2 rings (SSSR count). The van der Waals surface area contributed by atoms with E-state index in [0.29, 0.717) is 30.3 Å². The highest BCUT2D eigenvalue weighted by Gasteiger charge is 2.13. The fourth-order valence-electron chi connectivity index (χ4n) is 1.71. The van der Waals surface area contributed by atoms with Gasteiger partial charge in [-0.3, -0.25) is 0 Å². The molecule has 6 nitrogen and oxygen atoms in total. The summed E-state index contributed by atoms with van der Waals surface area (Å²) in [4.78, 5) is 15.5. The molecule has 106 valence electrons. The van der Waals surface area contributed by atoms with Crippen LogP contribution in [0.15, 0.2) is 23.2 Å². The number of thiocarbonyl (C=S) groups is 1. The molecule has 0 saturated carbocycles. The van der Waals surface area contributed by atoms with Crippen LogP contribution >= 0.6 is 12.2 Å². The van der Waals surface area contributed by atoms with Gasteiger partial charge in [0.2, 0.25) is 6.79 Å². The van der Waals surface area contributed by atoms with E-state index in [1.807, 2.05) is 0 Å². The second kappa shape index (κ2) is 7.47. The number of nitrogens with zero attached hydrogens (tertiary/aromatic N) is 1. The second-order valence-corrected chi connectivity index (χ2v) is 4.31. The van der Waals surface area contributed by atoms with Crippen molar-refractivity contribution in [2.75, 3.05) is 25.2 Å². The van der Waals surface area contributed by atoms with Gasteiger partial charge in [0.05, 0.1) is 5.16 Å². The summed E-state index contributed by atoms with van der Waals surface area (Å²) in [5, 5.41) is 7.81. The Morgan fingerprint density at radius 3 is 3.05 bits per heavy atom. The number of nitrogens with one attached hydrogen (secondary N) is 2.